The summed E-state index contributed by atoms with van der Waals surface area (Å²) in [6, 6.07) is 0. The van der Waals surface area contributed by atoms with E-state index in [1.54, 1.807) is 11.8 Å². The Bertz CT molecular complexity index is 256. The highest BCUT2D eigenvalue weighted by Gasteiger charge is 2.04. The van der Waals surface area contributed by atoms with Crippen LogP contribution in [-0.4, -0.2) is 24.1 Å². The Morgan fingerprint density at radius 3 is 3.18 bits per heavy atom. The van der Waals surface area contributed by atoms with Gasteiger partial charge < -0.3 is 4.84 Å². The van der Waals surface area contributed by atoms with Gasteiger partial charge >= 0.3 is 0 Å². The Kier molecular flexibility index (Phi) is 2.74. The van der Waals surface area contributed by atoms with Gasteiger partial charge in [0.1, 0.15) is 7.11 Å². The van der Waals surface area contributed by atoms with Crippen LogP contribution in [0.5, 0.6) is 0 Å². The molecule has 0 saturated carbocycles. The Morgan fingerprint density at radius 2 is 2.73 bits per heavy atom. The van der Waals surface area contributed by atoms with Gasteiger partial charge in [0, 0.05) is 6.20 Å². The Balaban J connectivity index is 2.88. The van der Waals surface area contributed by atoms with E-state index in [1.807, 2.05) is 0 Å². The van der Waals surface area contributed by atoms with Crippen molar-refractivity contribution in [2.24, 2.45) is 5.16 Å². The second-order valence-corrected chi connectivity index (χ2v) is 2.48. The molecule has 1 aromatic heterocycles. The van der Waals surface area contributed by atoms with Crippen molar-refractivity contribution in [2.45, 2.75) is 0 Å². The molecule has 0 aliphatic carbocycles. The second-order valence-electron chi connectivity index (χ2n) is 1.59. The topological polar surface area (TPSA) is 51.5 Å². The molecule has 0 fully saturated rings. The Labute approximate surface area is 67.5 Å². The summed E-state index contributed by atoms with van der Waals surface area (Å²) in [4.78, 5) is 19.1. The smallest absolute Gasteiger partial charge is 0.258 e. The first-order chi connectivity index (χ1) is 5.38. The highest BCUT2D eigenvalue weighted by atomic mass is 32.1. The first kappa shape index (κ1) is 7.87. The maximum Gasteiger partial charge on any atom is 0.258 e. The lowest BCUT2D eigenvalue weighted by atomic mass is 10.4. The summed E-state index contributed by atoms with van der Waals surface area (Å²) in [5, 5.41) is 3.45. The number of aromatic nitrogens is 1. The van der Waals surface area contributed by atoms with E-state index in [0.717, 1.165) is 0 Å². The van der Waals surface area contributed by atoms with Gasteiger partial charge in [0.15, 0.2) is 5.71 Å². The minimum atomic E-state index is 0.148. The molecule has 11 heavy (non-hydrogen) atoms. The third-order valence-corrected chi connectivity index (χ3v) is 1.72. The molecule has 0 aliphatic rings. The van der Waals surface area contributed by atoms with E-state index in [9.17, 15) is 4.79 Å². The van der Waals surface area contributed by atoms with Crippen molar-refractivity contribution in [1.29, 1.82) is 0 Å². The molecule has 0 unspecified atom stereocenters. The fourth-order valence-electron chi connectivity index (χ4n) is 0.538. The van der Waals surface area contributed by atoms with Gasteiger partial charge in [-0.1, -0.05) is 5.16 Å². The van der Waals surface area contributed by atoms with Gasteiger partial charge in [-0.05, 0) is 0 Å². The molecular formula is C6H5N2O2S. The van der Waals surface area contributed by atoms with Crippen molar-refractivity contribution in [1.82, 2.24) is 4.98 Å². The predicted octanol–water partition coefficient (Wildman–Crippen LogP) is 0.603. The first-order valence-electron chi connectivity index (χ1n) is 2.76. The van der Waals surface area contributed by atoms with Crippen LogP contribution in [0.4, 0.5) is 0 Å². The summed E-state index contributed by atoms with van der Waals surface area (Å²) in [5.41, 5.74) is 1.76. The number of hydrogen-bond acceptors (Lipinski definition) is 5. The van der Waals surface area contributed by atoms with Crippen LogP contribution in [0.3, 0.4) is 0 Å². The number of rotatable bonds is 3. The van der Waals surface area contributed by atoms with Crippen LogP contribution in [0, 0.1) is 0 Å². The molecule has 57 valence electrons. The quantitative estimate of drug-likeness (QED) is 0.492. The van der Waals surface area contributed by atoms with Crippen LogP contribution in [0.2, 0.25) is 0 Å². The van der Waals surface area contributed by atoms with E-state index in [-0.39, 0.29) is 5.71 Å². The summed E-state index contributed by atoms with van der Waals surface area (Å²) in [6.45, 7) is 0. The van der Waals surface area contributed by atoms with Crippen LogP contribution in [0.1, 0.15) is 4.88 Å². The maximum atomic E-state index is 10.2. The third-order valence-electron chi connectivity index (χ3n) is 0.945. The number of oxime groups is 1. The lowest BCUT2D eigenvalue weighted by Crippen LogP contribution is -1.99. The molecule has 0 N–H and O–H groups in total. The summed E-state index contributed by atoms with van der Waals surface area (Å²) in [6.07, 6.45) is 3.19. The molecule has 0 spiro atoms. The molecule has 4 nitrogen and oxygen atoms in total. The molecule has 1 radical (unpaired) electrons. The van der Waals surface area contributed by atoms with Crippen molar-refractivity contribution in [3.63, 3.8) is 0 Å². The molecule has 1 aromatic rings. The largest absolute Gasteiger partial charge is 0.399 e. The minimum absolute atomic E-state index is 0.148. The van der Waals surface area contributed by atoms with Gasteiger partial charge in [-0.15, -0.1) is 11.3 Å². The lowest BCUT2D eigenvalue weighted by Gasteiger charge is -1.89. The van der Waals surface area contributed by atoms with Crippen molar-refractivity contribution in [3.05, 3.63) is 16.6 Å². The molecule has 5 heteroatoms. The second kappa shape index (κ2) is 3.82. The molecule has 0 saturated heterocycles. The SMILES string of the molecule is CON=C([C]=O)c1cncs1. The predicted molar refractivity (Wildman–Crippen MR) is 41.4 cm³/mol. The minimum Gasteiger partial charge on any atom is -0.399 e. The van der Waals surface area contributed by atoms with Crippen LogP contribution < -0.4 is 0 Å². The van der Waals surface area contributed by atoms with Gasteiger partial charge in [0.05, 0.1) is 10.4 Å². The van der Waals surface area contributed by atoms with E-state index in [4.69, 9.17) is 0 Å². The monoisotopic (exact) mass is 169 g/mol. The number of carbonyl (C=O) groups excluding carboxylic acids is 1. The summed E-state index contributed by atoms with van der Waals surface area (Å²) < 4.78 is 0. The van der Waals surface area contributed by atoms with Gasteiger partial charge in [-0.2, -0.15) is 0 Å². The molecule has 0 aliphatic heterocycles. The van der Waals surface area contributed by atoms with Crippen LogP contribution in [-0.2, 0) is 9.63 Å². The molecule has 0 aromatic carbocycles. The van der Waals surface area contributed by atoms with Crippen molar-refractivity contribution < 1.29 is 9.63 Å². The zero-order valence-electron chi connectivity index (χ0n) is 5.77. The summed E-state index contributed by atoms with van der Waals surface area (Å²) in [5.74, 6) is 0. The molecule has 0 atom stereocenters. The average molecular weight is 169 g/mol. The summed E-state index contributed by atoms with van der Waals surface area (Å²) in [7, 11) is 1.37. The van der Waals surface area contributed by atoms with Crippen molar-refractivity contribution in [2.75, 3.05) is 7.11 Å². The van der Waals surface area contributed by atoms with Gasteiger partial charge in [0.25, 0.3) is 6.29 Å². The lowest BCUT2D eigenvalue weighted by molar-refractivity contribution is 0.214. The highest BCUT2D eigenvalue weighted by Crippen LogP contribution is 2.05. The summed E-state index contributed by atoms with van der Waals surface area (Å²) >= 11 is 1.31. The normalized spacial score (nSPS) is 11.2. The zero-order chi connectivity index (χ0) is 8.10. The van der Waals surface area contributed by atoms with Gasteiger partial charge in [-0.3, -0.25) is 9.78 Å². The van der Waals surface area contributed by atoms with Gasteiger partial charge in [0.2, 0.25) is 0 Å². The van der Waals surface area contributed by atoms with Crippen LogP contribution >= 0.6 is 11.3 Å². The molecule has 1 heterocycles. The third kappa shape index (κ3) is 1.84. The standard InChI is InChI=1S/C6H5N2O2S/c1-10-8-5(3-9)6-2-7-4-11-6/h2,4H,1H3. The fraction of sp³-hybridized carbons (Fsp3) is 0.167. The van der Waals surface area contributed by atoms with E-state index in [0.29, 0.717) is 4.88 Å². The molecule has 1 rings (SSSR count). The number of nitrogens with zero attached hydrogens (tertiary/aromatic N) is 2. The molecule has 0 bridgehead atoms. The van der Waals surface area contributed by atoms with Crippen molar-refractivity contribution in [3.8, 4) is 0 Å². The first-order valence-corrected chi connectivity index (χ1v) is 3.64. The number of thiazole rings is 1. The average Bonchev–Trinajstić information content (AvgIpc) is 2.52. The van der Waals surface area contributed by atoms with Crippen LogP contribution in [0.15, 0.2) is 16.9 Å². The van der Waals surface area contributed by atoms with E-state index >= 15 is 0 Å². The maximum absolute atomic E-state index is 10.2. The Morgan fingerprint density at radius 1 is 1.91 bits per heavy atom. The van der Waals surface area contributed by atoms with Gasteiger partial charge in [-0.25, -0.2) is 0 Å². The molecule has 0 amide bonds. The zero-order valence-corrected chi connectivity index (χ0v) is 6.59. The van der Waals surface area contributed by atoms with E-state index < -0.39 is 0 Å². The highest BCUT2D eigenvalue weighted by molar-refractivity contribution is 7.12. The molecular weight excluding hydrogens is 164 g/mol. The number of hydrogen-bond donors (Lipinski definition) is 0. The van der Waals surface area contributed by atoms with E-state index in [1.165, 1.54) is 24.6 Å². The van der Waals surface area contributed by atoms with Crippen molar-refractivity contribution >= 4 is 23.3 Å². The fourth-order valence-corrected chi connectivity index (χ4v) is 1.09. The van der Waals surface area contributed by atoms with E-state index in [2.05, 4.69) is 15.0 Å². The van der Waals surface area contributed by atoms with Crippen LogP contribution in [0.25, 0.3) is 0 Å². The Hall–Kier alpha value is -1.23.